The van der Waals surface area contributed by atoms with E-state index in [4.69, 9.17) is 4.74 Å². The SMILES string of the molecule is CC(=O)C(C)(C)OC(=O)NC1CCC(C)(C)[C@@H]2CC[C@]3(C)[C@H](CC[C@@H]4C5=C(C(C)C)C(=O)C[C@]5(C)CC[C@]43C)[C@@]12C. The third-order valence-corrected chi connectivity index (χ3v) is 14.2. The van der Waals surface area contributed by atoms with Crippen LogP contribution in [0.2, 0.25) is 0 Å². The summed E-state index contributed by atoms with van der Waals surface area (Å²) in [5.74, 6) is 1.94. The number of carbonyl (C=O) groups is 3. The lowest BCUT2D eigenvalue weighted by Crippen LogP contribution is -2.69. The Hall–Kier alpha value is -1.65. The second-order valence-corrected chi connectivity index (χ2v) is 17.3. The first-order valence-electron chi connectivity index (χ1n) is 16.5. The molecule has 4 saturated carbocycles. The summed E-state index contributed by atoms with van der Waals surface area (Å²) in [6.07, 6.45) is 9.12. The van der Waals surface area contributed by atoms with Gasteiger partial charge in [-0.3, -0.25) is 9.59 Å². The van der Waals surface area contributed by atoms with Crippen molar-refractivity contribution in [3.63, 3.8) is 0 Å². The number of allylic oxidation sites excluding steroid dienone is 2. The number of nitrogens with one attached hydrogen (secondary N) is 1. The van der Waals surface area contributed by atoms with Crippen molar-refractivity contribution in [3.8, 4) is 0 Å². The highest BCUT2D eigenvalue weighted by molar-refractivity contribution is 6.00. The van der Waals surface area contributed by atoms with Crippen LogP contribution < -0.4 is 5.32 Å². The van der Waals surface area contributed by atoms with Crippen LogP contribution in [0, 0.1) is 50.7 Å². The molecule has 5 aliphatic rings. The number of Topliss-reactive ketones (excluding diaryl/α,β-unsaturated/α-hetero) is 2. The maximum absolute atomic E-state index is 13.4. The van der Waals surface area contributed by atoms with E-state index in [1.165, 1.54) is 25.3 Å². The Morgan fingerprint density at radius 1 is 0.878 bits per heavy atom. The molecule has 230 valence electrons. The van der Waals surface area contributed by atoms with E-state index in [1.807, 2.05) is 0 Å². The molecule has 0 aromatic carbocycles. The lowest BCUT2D eigenvalue weighted by Gasteiger charge is -2.72. The fourth-order valence-corrected chi connectivity index (χ4v) is 11.6. The van der Waals surface area contributed by atoms with Crippen molar-refractivity contribution in [2.24, 2.45) is 50.7 Å². The molecule has 4 fully saturated rings. The number of alkyl carbamates (subject to hydrolysis) is 1. The molecule has 0 aliphatic heterocycles. The van der Waals surface area contributed by atoms with Gasteiger partial charge in [-0.2, -0.15) is 0 Å². The molecule has 41 heavy (non-hydrogen) atoms. The van der Waals surface area contributed by atoms with Crippen molar-refractivity contribution in [1.29, 1.82) is 0 Å². The van der Waals surface area contributed by atoms with Gasteiger partial charge < -0.3 is 10.1 Å². The van der Waals surface area contributed by atoms with Gasteiger partial charge in [0.25, 0.3) is 0 Å². The third kappa shape index (κ3) is 4.24. The predicted molar refractivity (Wildman–Crippen MR) is 163 cm³/mol. The quantitative estimate of drug-likeness (QED) is 0.370. The van der Waals surface area contributed by atoms with Crippen LogP contribution in [0.5, 0.6) is 0 Å². The van der Waals surface area contributed by atoms with Crippen LogP contribution in [-0.4, -0.2) is 29.3 Å². The molecule has 1 N–H and O–H groups in total. The van der Waals surface area contributed by atoms with Gasteiger partial charge in [0, 0.05) is 12.5 Å². The minimum absolute atomic E-state index is 0.00733. The number of hydrogen-bond donors (Lipinski definition) is 1. The molecule has 5 aliphatic carbocycles. The summed E-state index contributed by atoms with van der Waals surface area (Å²) in [6.45, 7) is 24.1. The van der Waals surface area contributed by atoms with Crippen LogP contribution in [0.15, 0.2) is 11.1 Å². The van der Waals surface area contributed by atoms with E-state index in [-0.39, 0.29) is 44.8 Å². The average molecular weight is 568 g/mol. The molecule has 5 rings (SSSR count). The fraction of sp³-hybridized carbons (Fsp3) is 0.861. The van der Waals surface area contributed by atoms with Gasteiger partial charge in [-0.15, -0.1) is 0 Å². The minimum atomic E-state index is -1.14. The maximum Gasteiger partial charge on any atom is 0.408 e. The van der Waals surface area contributed by atoms with Crippen LogP contribution >= 0.6 is 0 Å². The summed E-state index contributed by atoms with van der Waals surface area (Å²) < 4.78 is 5.71. The fourth-order valence-electron chi connectivity index (χ4n) is 11.6. The Kier molecular flexibility index (Phi) is 7.08. The minimum Gasteiger partial charge on any atom is -0.436 e. The van der Waals surface area contributed by atoms with Crippen molar-refractivity contribution in [2.45, 2.75) is 146 Å². The highest BCUT2D eigenvalue weighted by Crippen LogP contribution is 2.76. The molecule has 0 bridgehead atoms. The van der Waals surface area contributed by atoms with Gasteiger partial charge in [-0.05, 0) is 128 Å². The second-order valence-electron chi connectivity index (χ2n) is 17.3. The molecule has 8 atom stereocenters. The summed E-state index contributed by atoms with van der Waals surface area (Å²) >= 11 is 0. The second kappa shape index (κ2) is 9.42. The largest absolute Gasteiger partial charge is 0.436 e. The first kappa shape index (κ1) is 30.8. The lowest BCUT2D eigenvalue weighted by molar-refractivity contribution is -0.219. The standard InChI is InChI=1S/C36H57NO4/c1-21(2)28-24(39)20-33(8)18-19-34(9)23(29(28)33)12-13-26-35(34,10)17-14-25-31(4,5)16-15-27(36(25,26)11)37-30(40)41-32(6,7)22(3)38/h21,23,25-27H,12-20H2,1-11H3,(H,37,40)/t23-,25+,26+,27?,33+,34-,35-,36+/m1/s1. The van der Waals surface area contributed by atoms with Crippen molar-refractivity contribution in [2.75, 3.05) is 0 Å². The molecule has 1 unspecified atom stereocenters. The third-order valence-electron chi connectivity index (χ3n) is 14.2. The number of ether oxygens (including phenoxy) is 1. The molecule has 0 saturated heterocycles. The summed E-state index contributed by atoms with van der Waals surface area (Å²) in [4.78, 5) is 38.8. The van der Waals surface area contributed by atoms with E-state index >= 15 is 0 Å². The van der Waals surface area contributed by atoms with Gasteiger partial charge in [-0.25, -0.2) is 4.79 Å². The summed E-state index contributed by atoms with van der Waals surface area (Å²) in [5.41, 5.74) is 1.90. The topological polar surface area (TPSA) is 72.5 Å². The van der Waals surface area contributed by atoms with Crippen LogP contribution in [0.25, 0.3) is 0 Å². The van der Waals surface area contributed by atoms with Crippen LogP contribution in [0.3, 0.4) is 0 Å². The monoisotopic (exact) mass is 567 g/mol. The Labute approximate surface area is 249 Å². The molecule has 0 aromatic heterocycles. The van der Waals surface area contributed by atoms with Crippen LogP contribution in [0.1, 0.15) is 134 Å². The zero-order valence-corrected chi connectivity index (χ0v) is 27.9. The van der Waals surface area contributed by atoms with Crippen molar-refractivity contribution >= 4 is 17.7 Å². The highest BCUT2D eigenvalue weighted by Gasteiger charge is 2.70. The number of fused-ring (bicyclic) bond motifs is 7. The number of hydrogen-bond acceptors (Lipinski definition) is 4. The molecule has 5 heteroatoms. The van der Waals surface area contributed by atoms with Crippen LogP contribution in [0.4, 0.5) is 4.79 Å². The molecule has 0 aromatic rings. The molecule has 0 radical (unpaired) electrons. The van der Waals surface area contributed by atoms with Gasteiger partial charge in [0.15, 0.2) is 17.2 Å². The van der Waals surface area contributed by atoms with Gasteiger partial charge >= 0.3 is 6.09 Å². The van der Waals surface area contributed by atoms with Crippen molar-refractivity contribution in [3.05, 3.63) is 11.1 Å². The number of ketones is 2. The smallest absolute Gasteiger partial charge is 0.408 e. The first-order chi connectivity index (χ1) is 18.7. The predicted octanol–water partition coefficient (Wildman–Crippen LogP) is 8.45. The lowest BCUT2D eigenvalue weighted by atomic mass is 9.32. The highest BCUT2D eigenvalue weighted by atomic mass is 16.6. The Morgan fingerprint density at radius 3 is 2.15 bits per heavy atom. The van der Waals surface area contributed by atoms with E-state index < -0.39 is 11.7 Å². The summed E-state index contributed by atoms with van der Waals surface area (Å²) in [7, 11) is 0. The van der Waals surface area contributed by atoms with E-state index in [1.54, 1.807) is 13.8 Å². The van der Waals surface area contributed by atoms with Gasteiger partial charge in [-0.1, -0.05) is 61.0 Å². The van der Waals surface area contributed by atoms with E-state index in [0.29, 0.717) is 30.0 Å². The Balaban J connectivity index is 1.55. The maximum atomic E-state index is 13.4. The average Bonchev–Trinajstić information content (AvgIpc) is 3.11. The van der Waals surface area contributed by atoms with E-state index in [0.717, 1.165) is 44.1 Å². The molecular weight excluding hydrogens is 510 g/mol. The zero-order valence-electron chi connectivity index (χ0n) is 27.9. The summed E-state index contributed by atoms with van der Waals surface area (Å²) in [5, 5.41) is 3.35. The van der Waals surface area contributed by atoms with E-state index in [2.05, 4.69) is 60.7 Å². The number of rotatable bonds is 4. The van der Waals surface area contributed by atoms with Crippen molar-refractivity contribution in [1.82, 2.24) is 5.32 Å². The van der Waals surface area contributed by atoms with E-state index in [9.17, 15) is 14.4 Å². The summed E-state index contributed by atoms with van der Waals surface area (Å²) in [6, 6.07) is 0.00733. The zero-order chi connectivity index (χ0) is 30.6. The first-order valence-corrected chi connectivity index (χ1v) is 16.5. The number of amides is 1. The Morgan fingerprint density at radius 2 is 1.54 bits per heavy atom. The Bertz CT molecular complexity index is 1180. The van der Waals surface area contributed by atoms with Gasteiger partial charge in [0.1, 0.15) is 0 Å². The molecule has 5 nitrogen and oxygen atoms in total. The molecule has 0 spiro atoms. The molecule has 1 amide bonds. The van der Waals surface area contributed by atoms with Crippen molar-refractivity contribution < 1.29 is 19.1 Å². The molecule has 0 heterocycles. The molecular formula is C36H57NO4. The number of carbonyl (C=O) groups excluding carboxylic acids is 3. The normalized spacial score (nSPS) is 43.6. The van der Waals surface area contributed by atoms with Gasteiger partial charge in [0.05, 0.1) is 0 Å². The van der Waals surface area contributed by atoms with Gasteiger partial charge in [0.2, 0.25) is 0 Å². The van der Waals surface area contributed by atoms with Crippen LogP contribution in [-0.2, 0) is 14.3 Å².